The van der Waals surface area contributed by atoms with Gasteiger partial charge in [0.15, 0.2) is 0 Å². The van der Waals surface area contributed by atoms with Crippen LogP contribution in [0.3, 0.4) is 0 Å². The van der Waals surface area contributed by atoms with Crippen LogP contribution in [0.2, 0.25) is 0 Å². The number of allylic oxidation sites excluding steroid dienone is 1. The van der Waals surface area contributed by atoms with Gasteiger partial charge in [0.1, 0.15) is 18.1 Å². The lowest BCUT2D eigenvalue weighted by molar-refractivity contribution is -0.134. The van der Waals surface area contributed by atoms with Gasteiger partial charge in [-0.25, -0.2) is 4.79 Å². The first-order valence-corrected chi connectivity index (χ1v) is 12.9. The zero-order valence-corrected chi connectivity index (χ0v) is 21.0. The fraction of sp³-hybridized carbons (Fsp3) is 0.452. The SMILES string of the molecule is COC(=O)/C=C/c1ccc(OC/C=C2\CCC3[C@H]4C(CCC23C)c2ccc(O)cc2C[C@H]4C)cc1. The molecule has 3 aliphatic rings. The summed E-state index contributed by atoms with van der Waals surface area (Å²) >= 11 is 0. The zero-order valence-electron chi connectivity index (χ0n) is 21.0. The van der Waals surface area contributed by atoms with E-state index in [2.05, 4.69) is 30.7 Å². The fourth-order valence-corrected chi connectivity index (χ4v) is 7.30. The molecule has 0 aliphatic heterocycles. The Balaban J connectivity index is 1.26. The van der Waals surface area contributed by atoms with Crippen LogP contribution in [-0.4, -0.2) is 24.8 Å². The quantitative estimate of drug-likeness (QED) is 0.299. The molecule has 5 rings (SSSR count). The summed E-state index contributed by atoms with van der Waals surface area (Å²) in [7, 11) is 1.37. The number of ether oxygens (including phenoxy) is 2. The van der Waals surface area contributed by atoms with Gasteiger partial charge in [-0.2, -0.15) is 0 Å². The monoisotopic (exact) mass is 472 g/mol. The van der Waals surface area contributed by atoms with E-state index in [4.69, 9.17) is 4.74 Å². The normalized spacial score (nSPS) is 30.5. The van der Waals surface area contributed by atoms with Crippen LogP contribution in [0.25, 0.3) is 6.08 Å². The molecule has 184 valence electrons. The first kappa shape index (κ1) is 23.7. The molecule has 2 aromatic rings. The van der Waals surface area contributed by atoms with Gasteiger partial charge in [-0.05, 0) is 114 Å². The summed E-state index contributed by atoms with van der Waals surface area (Å²) < 4.78 is 10.7. The number of benzene rings is 2. The van der Waals surface area contributed by atoms with Crippen LogP contribution in [0.15, 0.2) is 60.2 Å². The molecule has 0 heterocycles. The van der Waals surface area contributed by atoms with Crippen LogP contribution in [-0.2, 0) is 16.0 Å². The molecule has 1 N–H and O–H groups in total. The Hall–Kier alpha value is -3.01. The Morgan fingerprint density at radius 3 is 2.74 bits per heavy atom. The van der Waals surface area contributed by atoms with Crippen molar-refractivity contribution in [3.8, 4) is 11.5 Å². The third kappa shape index (κ3) is 4.51. The van der Waals surface area contributed by atoms with Crippen molar-refractivity contribution >= 4 is 12.0 Å². The predicted molar refractivity (Wildman–Crippen MR) is 138 cm³/mol. The van der Waals surface area contributed by atoms with E-state index in [0.717, 1.165) is 17.7 Å². The van der Waals surface area contributed by atoms with Crippen LogP contribution in [0.5, 0.6) is 11.5 Å². The first-order chi connectivity index (χ1) is 16.9. The van der Waals surface area contributed by atoms with Crippen molar-refractivity contribution in [1.82, 2.24) is 0 Å². The lowest BCUT2D eigenvalue weighted by atomic mass is 9.52. The van der Waals surface area contributed by atoms with E-state index in [0.29, 0.717) is 36.0 Å². The first-order valence-electron chi connectivity index (χ1n) is 12.9. The third-order valence-electron chi connectivity index (χ3n) is 8.98. The minimum Gasteiger partial charge on any atom is -0.508 e. The molecular weight excluding hydrogens is 436 g/mol. The van der Waals surface area contributed by atoms with Gasteiger partial charge < -0.3 is 14.6 Å². The molecule has 3 unspecified atom stereocenters. The highest BCUT2D eigenvalue weighted by atomic mass is 16.5. The number of hydrogen-bond donors (Lipinski definition) is 1. The minimum absolute atomic E-state index is 0.260. The molecule has 5 atom stereocenters. The van der Waals surface area contributed by atoms with Crippen LogP contribution < -0.4 is 4.74 Å². The highest BCUT2D eigenvalue weighted by Crippen LogP contribution is 2.63. The standard InChI is InChI=1S/C31H36O4/c1-20-18-22-19-24(32)8-11-26(22)27-14-16-31(2)23(7-12-28(31)30(20)27)15-17-35-25-9-4-21(5-10-25)6-13-29(33)34-3/h4-6,8-11,13,15,19-20,27-28,30,32H,7,12,14,16-18H2,1-3H3/b13-6+,23-15+/t20-,27?,28?,30-,31?/m1/s1. The number of phenols is 1. The van der Waals surface area contributed by atoms with E-state index in [1.165, 1.54) is 50.0 Å². The summed E-state index contributed by atoms with van der Waals surface area (Å²) in [6, 6.07) is 13.8. The molecule has 4 nitrogen and oxygen atoms in total. The Bertz CT molecular complexity index is 1150. The van der Waals surface area contributed by atoms with Crippen molar-refractivity contribution in [2.45, 2.75) is 51.9 Å². The summed E-state index contributed by atoms with van der Waals surface area (Å²) in [5, 5.41) is 9.99. The molecule has 4 heteroatoms. The molecule has 35 heavy (non-hydrogen) atoms. The number of hydrogen-bond acceptors (Lipinski definition) is 4. The number of phenolic OH excluding ortho intramolecular Hbond substituents is 1. The molecule has 0 radical (unpaired) electrons. The average molecular weight is 473 g/mol. The Kier molecular flexibility index (Phi) is 6.48. The number of aromatic hydroxyl groups is 1. The lowest BCUT2D eigenvalue weighted by Crippen LogP contribution is -2.43. The van der Waals surface area contributed by atoms with Crippen molar-refractivity contribution in [2.75, 3.05) is 13.7 Å². The smallest absolute Gasteiger partial charge is 0.330 e. The van der Waals surface area contributed by atoms with Crippen molar-refractivity contribution in [2.24, 2.45) is 23.2 Å². The maximum absolute atomic E-state index is 11.3. The summed E-state index contributed by atoms with van der Waals surface area (Å²) in [5.41, 5.74) is 5.61. The summed E-state index contributed by atoms with van der Waals surface area (Å²) in [6.45, 7) is 5.50. The van der Waals surface area contributed by atoms with Gasteiger partial charge in [0.25, 0.3) is 0 Å². The summed E-state index contributed by atoms with van der Waals surface area (Å²) in [5.74, 6) is 3.56. The van der Waals surface area contributed by atoms with E-state index in [1.54, 1.807) is 11.6 Å². The van der Waals surface area contributed by atoms with Crippen LogP contribution in [0, 0.1) is 23.2 Å². The molecule has 2 fully saturated rings. The van der Waals surface area contributed by atoms with Gasteiger partial charge in [-0.3, -0.25) is 0 Å². The van der Waals surface area contributed by atoms with Crippen molar-refractivity contribution in [1.29, 1.82) is 0 Å². The summed E-state index contributed by atoms with van der Waals surface area (Å²) in [4.78, 5) is 11.3. The van der Waals surface area contributed by atoms with Crippen LogP contribution >= 0.6 is 0 Å². The minimum atomic E-state index is -0.361. The van der Waals surface area contributed by atoms with E-state index < -0.39 is 0 Å². The third-order valence-corrected chi connectivity index (χ3v) is 8.98. The molecule has 2 saturated carbocycles. The van der Waals surface area contributed by atoms with E-state index in [9.17, 15) is 9.90 Å². The lowest BCUT2D eigenvalue weighted by Gasteiger charge is -2.52. The van der Waals surface area contributed by atoms with E-state index in [1.807, 2.05) is 36.4 Å². The number of fused-ring (bicyclic) bond motifs is 5. The highest BCUT2D eigenvalue weighted by Gasteiger charge is 2.54. The maximum Gasteiger partial charge on any atom is 0.330 e. The topological polar surface area (TPSA) is 55.8 Å². The second-order valence-corrected chi connectivity index (χ2v) is 10.8. The van der Waals surface area contributed by atoms with Gasteiger partial charge in [-0.1, -0.05) is 37.6 Å². The van der Waals surface area contributed by atoms with E-state index >= 15 is 0 Å². The van der Waals surface area contributed by atoms with Crippen molar-refractivity contribution < 1.29 is 19.4 Å². The molecule has 0 bridgehead atoms. The Labute approximate surface area is 208 Å². The number of carbonyl (C=O) groups is 1. The average Bonchev–Trinajstić information content (AvgIpc) is 3.19. The van der Waals surface area contributed by atoms with Crippen molar-refractivity contribution in [3.63, 3.8) is 0 Å². The Morgan fingerprint density at radius 1 is 1.17 bits per heavy atom. The van der Waals surface area contributed by atoms with Crippen LogP contribution in [0.4, 0.5) is 0 Å². The number of methoxy groups -OCH3 is 1. The number of carbonyl (C=O) groups excluding carboxylic acids is 1. The van der Waals surface area contributed by atoms with Gasteiger partial charge in [0, 0.05) is 6.08 Å². The molecular formula is C31H36O4. The molecule has 3 aliphatic carbocycles. The highest BCUT2D eigenvalue weighted by molar-refractivity contribution is 5.86. The number of esters is 1. The van der Waals surface area contributed by atoms with Gasteiger partial charge >= 0.3 is 5.97 Å². The predicted octanol–water partition coefficient (Wildman–Crippen LogP) is 6.69. The zero-order chi connectivity index (χ0) is 24.6. The molecule has 0 amide bonds. The molecule has 0 saturated heterocycles. The number of rotatable bonds is 5. The van der Waals surface area contributed by atoms with Gasteiger partial charge in [0.05, 0.1) is 7.11 Å². The Morgan fingerprint density at radius 2 is 1.97 bits per heavy atom. The molecule has 2 aromatic carbocycles. The van der Waals surface area contributed by atoms with E-state index in [-0.39, 0.29) is 11.4 Å². The molecule has 0 aromatic heterocycles. The fourth-order valence-electron chi connectivity index (χ4n) is 7.30. The molecule has 0 spiro atoms. The second-order valence-electron chi connectivity index (χ2n) is 10.8. The maximum atomic E-state index is 11.3. The van der Waals surface area contributed by atoms with Crippen LogP contribution in [0.1, 0.15) is 62.1 Å². The second kappa shape index (κ2) is 9.56. The van der Waals surface area contributed by atoms with Crippen molar-refractivity contribution in [3.05, 3.63) is 76.9 Å². The largest absolute Gasteiger partial charge is 0.508 e. The van der Waals surface area contributed by atoms with Gasteiger partial charge in [0.2, 0.25) is 0 Å². The van der Waals surface area contributed by atoms with Gasteiger partial charge in [-0.15, -0.1) is 0 Å². The summed E-state index contributed by atoms with van der Waals surface area (Å²) in [6.07, 6.45) is 11.4.